The second-order valence-electron chi connectivity index (χ2n) is 14.1. The lowest BCUT2D eigenvalue weighted by molar-refractivity contribution is 0.669. The van der Waals surface area contributed by atoms with Crippen LogP contribution in [0.15, 0.2) is 217 Å². The third kappa shape index (κ3) is 6.24. The second kappa shape index (κ2) is 14.4. The van der Waals surface area contributed by atoms with E-state index in [1.54, 1.807) is 0 Å². The first-order valence-corrected chi connectivity index (χ1v) is 19.1. The molecule has 2 heteroatoms. The molecule has 9 aromatic carbocycles. The summed E-state index contributed by atoms with van der Waals surface area (Å²) in [7, 11) is 0. The summed E-state index contributed by atoms with van der Waals surface area (Å²) < 4.78 is 6.53. The molecule has 1 heterocycles. The van der Waals surface area contributed by atoms with Crippen LogP contribution in [0, 0.1) is 0 Å². The third-order valence-corrected chi connectivity index (χ3v) is 10.6. The summed E-state index contributed by atoms with van der Waals surface area (Å²) in [4.78, 5) is 2.26. The van der Waals surface area contributed by atoms with Crippen LogP contribution < -0.4 is 4.90 Å². The molecule has 1 aromatic heterocycles. The molecule has 2 nitrogen and oxygen atoms in total. The quantitative estimate of drug-likeness (QED) is 0.146. The molecule has 10 aromatic rings. The van der Waals surface area contributed by atoms with Crippen molar-refractivity contribution >= 4 is 61.9 Å². The van der Waals surface area contributed by atoms with Crippen molar-refractivity contribution in [3.63, 3.8) is 0 Å². The van der Waals surface area contributed by atoms with Gasteiger partial charge in [0.25, 0.3) is 0 Å². The van der Waals surface area contributed by atoms with Gasteiger partial charge in [-0.3, -0.25) is 0 Å². The van der Waals surface area contributed by atoms with Crippen molar-refractivity contribution in [3.05, 3.63) is 223 Å². The van der Waals surface area contributed by atoms with E-state index in [2.05, 4.69) is 217 Å². The summed E-state index contributed by atoms with van der Waals surface area (Å²) in [5.74, 6) is 0. The molecule has 0 aliphatic rings. The minimum absolute atomic E-state index is 0.866. The van der Waals surface area contributed by atoms with Crippen LogP contribution in [0.4, 0.5) is 17.1 Å². The van der Waals surface area contributed by atoms with E-state index in [4.69, 9.17) is 4.42 Å². The van der Waals surface area contributed by atoms with Crippen LogP contribution in [0.2, 0.25) is 0 Å². The van der Waals surface area contributed by atoms with Crippen molar-refractivity contribution in [2.45, 2.75) is 0 Å². The fraction of sp³-hybridized carbons (Fsp3) is 0. The van der Waals surface area contributed by atoms with Gasteiger partial charge >= 0.3 is 0 Å². The Kier molecular flexibility index (Phi) is 8.55. The Bertz CT molecular complexity index is 2940. The Morgan fingerprint density at radius 1 is 0.321 bits per heavy atom. The van der Waals surface area contributed by atoms with Gasteiger partial charge < -0.3 is 9.32 Å². The molecular weight excluding hydrogens is 679 g/mol. The Morgan fingerprint density at radius 2 is 0.821 bits per heavy atom. The average molecular weight is 716 g/mol. The summed E-state index contributed by atoms with van der Waals surface area (Å²) in [6.45, 7) is 0. The molecule has 0 saturated heterocycles. The van der Waals surface area contributed by atoms with Crippen LogP contribution in [-0.4, -0.2) is 0 Å². The van der Waals surface area contributed by atoms with Gasteiger partial charge in [-0.2, -0.15) is 0 Å². The molecule has 0 unspecified atom stereocenters. The van der Waals surface area contributed by atoms with Crippen LogP contribution in [-0.2, 0) is 0 Å². The number of anilines is 3. The molecule has 0 amide bonds. The summed E-state index contributed by atoms with van der Waals surface area (Å²) >= 11 is 0. The van der Waals surface area contributed by atoms with Gasteiger partial charge in [-0.15, -0.1) is 0 Å². The first kappa shape index (κ1) is 33.2. The van der Waals surface area contributed by atoms with Crippen molar-refractivity contribution in [3.8, 4) is 33.4 Å². The Balaban J connectivity index is 0.979. The number of hydrogen-bond acceptors (Lipinski definition) is 2. The molecule has 0 N–H and O–H groups in total. The molecule has 0 bridgehead atoms. The maximum absolute atomic E-state index is 6.53. The fourth-order valence-electron chi connectivity index (χ4n) is 7.97. The highest BCUT2D eigenvalue weighted by Gasteiger charge is 2.17. The molecule has 264 valence electrons. The highest BCUT2D eigenvalue weighted by molar-refractivity contribution is 6.11. The molecule has 0 aliphatic heterocycles. The second-order valence-corrected chi connectivity index (χ2v) is 14.1. The third-order valence-electron chi connectivity index (χ3n) is 10.6. The number of para-hydroxylation sites is 2. The van der Waals surface area contributed by atoms with Crippen LogP contribution >= 0.6 is 0 Å². The Labute approximate surface area is 326 Å². The highest BCUT2D eigenvalue weighted by atomic mass is 16.3. The van der Waals surface area contributed by atoms with Gasteiger partial charge in [0.05, 0.1) is 0 Å². The maximum atomic E-state index is 6.53. The van der Waals surface area contributed by atoms with E-state index in [-0.39, 0.29) is 0 Å². The van der Waals surface area contributed by atoms with Crippen molar-refractivity contribution in [1.82, 2.24) is 0 Å². The summed E-state index contributed by atoms with van der Waals surface area (Å²) in [5.41, 5.74) is 14.5. The molecule has 0 fully saturated rings. The summed E-state index contributed by atoms with van der Waals surface area (Å²) in [5, 5.41) is 4.72. The number of hydrogen-bond donors (Lipinski definition) is 0. The van der Waals surface area contributed by atoms with Crippen molar-refractivity contribution in [2.75, 3.05) is 4.90 Å². The molecule has 0 radical (unpaired) electrons. The topological polar surface area (TPSA) is 16.4 Å². The first-order chi connectivity index (χ1) is 27.8. The first-order valence-electron chi connectivity index (χ1n) is 19.1. The molecule has 0 saturated carbocycles. The van der Waals surface area contributed by atoms with Gasteiger partial charge in [-0.05, 0) is 110 Å². The molecule has 0 atom stereocenters. The van der Waals surface area contributed by atoms with E-state index in [0.29, 0.717) is 0 Å². The van der Waals surface area contributed by atoms with E-state index in [9.17, 15) is 0 Å². The molecule has 56 heavy (non-hydrogen) atoms. The number of furan rings is 1. The predicted octanol–water partition coefficient (Wildman–Crippen LogP) is 15.4. The summed E-state index contributed by atoms with van der Waals surface area (Å²) in [6.07, 6.45) is 4.34. The van der Waals surface area contributed by atoms with Gasteiger partial charge in [0.1, 0.15) is 11.2 Å². The molecule has 10 rings (SSSR count). The number of nitrogens with zero attached hydrogens (tertiary/aromatic N) is 1. The Hall–Kier alpha value is -7.42. The van der Waals surface area contributed by atoms with Crippen LogP contribution in [0.5, 0.6) is 0 Å². The van der Waals surface area contributed by atoms with Crippen LogP contribution in [0.1, 0.15) is 11.1 Å². The largest absolute Gasteiger partial charge is 0.456 e. The lowest BCUT2D eigenvalue weighted by Crippen LogP contribution is -2.09. The van der Waals surface area contributed by atoms with E-state index >= 15 is 0 Å². The van der Waals surface area contributed by atoms with E-state index in [1.165, 1.54) is 44.2 Å². The van der Waals surface area contributed by atoms with Gasteiger partial charge in [0.2, 0.25) is 0 Å². The van der Waals surface area contributed by atoms with Gasteiger partial charge in [0, 0.05) is 33.9 Å². The van der Waals surface area contributed by atoms with Crippen molar-refractivity contribution < 1.29 is 4.42 Å². The highest BCUT2D eigenvalue weighted by Crippen LogP contribution is 2.43. The van der Waals surface area contributed by atoms with Crippen molar-refractivity contribution in [1.29, 1.82) is 0 Å². The number of benzene rings is 9. The molecule has 0 aliphatic carbocycles. The standard InChI is InChI=1S/C54H37NO/c1-5-15-40(16-6-1)50-37-51(54(42-17-7-2-8-18-42)49-24-14-13-23-46(49)50)41-30-27-38(28-31-41)25-26-39-29-33-47-48-34-32-45(36-53(48)56-52(47)35-39)55(43-19-9-3-10-20-43)44-21-11-4-12-22-44/h1-37H/b26-25+. The lowest BCUT2D eigenvalue weighted by Gasteiger charge is -2.25. The number of fused-ring (bicyclic) bond motifs is 4. The van der Waals surface area contributed by atoms with Gasteiger partial charge in [-0.1, -0.05) is 164 Å². The molecular formula is C54H37NO. The van der Waals surface area contributed by atoms with Gasteiger partial charge in [-0.25, -0.2) is 0 Å². The minimum Gasteiger partial charge on any atom is -0.456 e. The number of rotatable bonds is 8. The Morgan fingerprint density at radius 3 is 1.48 bits per heavy atom. The zero-order valence-electron chi connectivity index (χ0n) is 30.7. The van der Waals surface area contributed by atoms with Gasteiger partial charge in [0.15, 0.2) is 0 Å². The zero-order valence-corrected chi connectivity index (χ0v) is 30.7. The molecule has 0 spiro atoms. The average Bonchev–Trinajstić information content (AvgIpc) is 3.64. The fourth-order valence-corrected chi connectivity index (χ4v) is 7.97. The van der Waals surface area contributed by atoms with Crippen LogP contribution in [0.3, 0.4) is 0 Å². The van der Waals surface area contributed by atoms with E-state index < -0.39 is 0 Å². The van der Waals surface area contributed by atoms with E-state index in [0.717, 1.165) is 50.1 Å². The minimum atomic E-state index is 0.866. The summed E-state index contributed by atoms with van der Waals surface area (Å²) in [6, 6.07) is 75.4. The SMILES string of the molecule is C(=C\c1ccc2c(c1)oc1cc(N(c3ccccc3)c3ccccc3)ccc12)/c1ccc(-c2cc(-c3ccccc3)c3ccccc3c2-c2ccccc2)cc1. The lowest BCUT2D eigenvalue weighted by atomic mass is 9.85. The zero-order chi connectivity index (χ0) is 37.3. The van der Waals surface area contributed by atoms with Crippen molar-refractivity contribution in [2.24, 2.45) is 0 Å². The monoisotopic (exact) mass is 715 g/mol. The van der Waals surface area contributed by atoms with E-state index in [1.807, 2.05) is 12.1 Å². The normalized spacial score (nSPS) is 11.5. The van der Waals surface area contributed by atoms with Crippen LogP contribution in [0.25, 0.3) is 78.2 Å². The maximum Gasteiger partial charge on any atom is 0.137 e. The smallest absolute Gasteiger partial charge is 0.137 e. The predicted molar refractivity (Wildman–Crippen MR) is 238 cm³/mol.